The van der Waals surface area contributed by atoms with Crippen LogP contribution in [0.4, 0.5) is 4.39 Å². The predicted octanol–water partition coefficient (Wildman–Crippen LogP) is 1.86. The highest BCUT2D eigenvalue weighted by Gasteiger charge is 2.33. The summed E-state index contributed by atoms with van der Waals surface area (Å²) < 4.78 is 44.4. The fourth-order valence-corrected chi connectivity index (χ4v) is 4.02. The van der Waals surface area contributed by atoms with Gasteiger partial charge in [-0.2, -0.15) is 0 Å². The number of morpholine rings is 1. The van der Waals surface area contributed by atoms with Gasteiger partial charge in [0, 0.05) is 26.6 Å². The minimum Gasteiger partial charge on any atom is -0.377 e. The lowest BCUT2D eigenvalue weighted by Gasteiger charge is -2.42. The summed E-state index contributed by atoms with van der Waals surface area (Å²) >= 11 is 0. The second-order valence-electron chi connectivity index (χ2n) is 6.79. The van der Waals surface area contributed by atoms with Gasteiger partial charge in [-0.15, -0.1) is 0 Å². The molecular weight excluding hydrogens is 347 g/mol. The average molecular weight is 372 g/mol. The SMILES string of the molecule is CN(CCCC(=O)N1CCOCC1(C)C)S(=O)(=O)c1ccc(F)cc1. The molecule has 1 aromatic carbocycles. The maximum atomic E-state index is 12.9. The number of nitrogens with zero attached hydrogens (tertiary/aromatic N) is 2. The normalized spacial score (nSPS) is 17.7. The summed E-state index contributed by atoms with van der Waals surface area (Å²) in [5.41, 5.74) is -0.346. The molecule has 25 heavy (non-hydrogen) atoms. The second kappa shape index (κ2) is 7.80. The van der Waals surface area contributed by atoms with Gasteiger partial charge in [-0.1, -0.05) is 0 Å². The number of carbonyl (C=O) groups is 1. The molecule has 0 radical (unpaired) electrons. The van der Waals surface area contributed by atoms with Crippen LogP contribution in [0.1, 0.15) is 26.7 Å². The van der Waals surface area contributed by atoms with Crippen LogP contribution < -0.4 is 0 Å². The van der Waals surface area contributed by atoms with Gasteiger partial charge in [0.15, 0.2) is 0 Å². The molecular formula is C17H25FN2O4S. The van der Waals surface area contributed by atoms with E-state index in [1.165, 1.54) is 23.5 Å². The van der Waals surface area contributed by atoms with Crippen LogP contribution >= 0.6 is 0 Å². The van der Waals surface area contributed by atoms with E-state index in [4.69, 9.17) is 4.74 Å². The van der Waals surface area contributed by atoms with Crippen molar-refractivity contribution in [1.82, 2.24) is 9.21 Å². The molecule has 0 aliphatic carbocycles. The van der Waals surface area contributed by atoms with E-state index < -0.39 is 15.8 Å². The first-order valence-electron chi connectivity index (χ1n) is 8.25. The molecule has 1 fully saturated rings. The standard InChI is InChI=1S/C17H25FN2O4S/c1-17(2)13-24-12-11-20(17)16(21)5-4-10-19(3)25(22,23)15-8-6-14(18)7-9-15/h6-9H,4-5,10-13H2,1-3H3. The number of amides is 1. The van der Waals surface area contributed by atoms with E-state index in [1.54, 1.807) is 4.90 Å². The van der Waals surface area contributed by atoms with Gasteiger partial charge in [0.25, 0.3) is 0 Å². The molecule has 0 atom stereocenters. The molecule has 140 valence electrons. The van der Waals surface area contributed by atoms with Crippen molar-refractivity contribution in [3.63, 3.8) is 0 Å². The average Bonchev–Trinajstić information content (AvgIpc) is 2.54. The summed E-state index contributed by atoms with van der Waals surface area (Å²) in [5, 5.41) is 0. The molecule has 1 heterocycles. The zero-order valence-electron chi connectivity index (χ0n) is 14.9. The zero-order valence-corrected chi connectivity index (χ0v) is 15.7. The zero-order chi connectivity index (χ0) is 18.7. The molecule has 0 spiro atoms. The van der Waals surface area contributed by atoms with E-state index in [0.29, 0.717) is 26.2 Å². The Bertz CT molecular complexity index is 704. The summed E-state index contributed by atoms with van der Waals surface area (Å²) in [4.78, 5) is 14.2. The van der Waals surface area contributed by atoms with Crippen LogP contribution in [0.25, 0.3) is 0 Å². The lowest BCUT2D eigenvalue weighted by Crippen LogP contribution is -2.55. The van der Waals surface area contributed by atoms with Crippen LogP contribution in [0, 0.1) is 5.82 Å². The molecule has 0 saturated carbocycles. The first-order chi connectivity index (χ1) is 11.6. The summed E-state index contributed by atoms with van der Waals surface area (Å²) in [7, 11) is -2.22. The smallest absolute Gasteiger partial charge is 0.242 e. The number of sulfonamides is 1. The first kappa shape index (κ1) is 19.8. The van der Waals surface area contributed by atoms with E-state index in [9.17, 15) is 17.6 Å². The summed E-state index contributed by atoms with van der Waals surface area (Å²) in [5.74, 6) is -0.485. The van der Waals surface area contributed by atoms with Crippen LogP contribution in [0.15, 0.2) is 29.2 Å². The van der Waals surface area contributed by atoms with Crippen LogP contribution in [0.3, 0.4) is 0 Å². The summed E-state index contributed by atoms with van der Waals surface area (Å²) in [6.45, 7) is 5.70. The molecule has 6 nitrogen and oxygen atoms in total. The maximum Gasteiger partial charge on any atom is 0.242 e. The lowest BCUT2D eigenvalue weighted by molar-refractivity contribution is -0.146. The molecule has 0 N–H and O–H groups in total. The van der Waals surface area contributed by atoms with E-state index in [2.05, 4.69) is 0 Å². The van der Waals surface area contributed by atoms with Crippen molar-refractivity contribution in [3.05, 3.63) is 30.1 Å². The molecule has 0 bridgehead atoms. The highest BCUT2D eigenvalue weighted by atomic mass is 32.2. The third kappa shape index (κ3) is 4.77. The Morgan fingerprint density at radius 2 is 1.96 bits per heavy atom. The predicted molar refractivity (Wildman–Crippen MR) is 92.1 cm³/mol. The molecule has 8 heteroatoms. The quantitative estimate of drug-likeness (QED) is 0.765. The van der Waals surface area contributed by atoms with Crippen LogP contribution in [-0.4, -0.2) is 62.4 Å². The number of carbonyl (C=O) groups excluding carboxylic acids is 1. The Morgan fingerprint density at radius 1 is 1.32 bits per heavy atom. The van der Waals surface area contributed by atoms with Crippen molar-refractivity contribution in [3.8, 4) is 0 Å². The summed E-state index contributed by atoms with van der Waals surface area (Å²) in [6, 6.07) is 4.71. The van der Waals surface area contributed by atoms with Crippen molar-refractivity contribution < 1.29 is 22.3 Å². The molecule has 0 unspecified atom stereocenters. The Hall–Kier alpha value is -1.51. The number of rotatable bonds is 6. The Morgan fingerprint density at radius 3 is 2.56 bits per heavy atom. The van der Waals surface area contributed by atoms with Gasteiger partial charge in [-0.25, -0.2) is 17.1 Å². The van der Waals surface area contributed by atoms with Gasteiger partial charge in [0.1, 0.15) is 5.82 Å². The monoisotopic (exact) mass is 372 g/mol. The van der Waals surface area contributed by atoms with Crippen molar-refractivity contribution in [2.45, 2.75) is 37.1 Å². The Kier molecular flexibility index (Phi) is 6.18. The fraction of sp³-hybridized carbons (Fsp3) is 0.588. The number of halogens is 1. The van der Waals surface area contributed by atoms with Crippen LogP contribution in [-0.2, 0) is 19.6 Å². The molecule has 1 aromatic rings. The molecule has 1 aliphatic rings. The van der Waals surface area contributed by atoms with Crippen molar-refractivity contribution >= 4 is 15.9 Å². The molecule has 2 rings (SSSR count). The number of hydrogen-bond donors (Lipinski definition) is 0. The van der Waals surface area contributed by atoms with E-state index in [1.807, 2.05) is 13.8 Å². The Balaban J connectivity index is 1.90. The summed E-state index contributed by atoms with van der Waals surface area (Å²) in [6.07, 6.45) is 0.690. The highest BCUT2D eigenvalue weighted by Crippen LogP contribution is 2.21. The third-order valence-corrected chi connectivity index (χ3v) is 6.20. The van der Waals surface area contributed by atoms with Gasteiger partial charge in [-0.3, -0.25) is 4.79 Å². The number of ether oxygens (including phenoxy) is 1. The molecule has 0 aromatic heterocycles. The minimum absolute atomic E-state index is 0.000815. The second-order valence-corrected chi connectivity index (χ2v) is 8.84. The van der Waals surface area contributed by atoms with Gasteiger partial charge in [0.2, 0.25) is 15.9 Å². The molecule has 1 amide bonds. The van der Waals surface area contributed by atoms with E-state index >= 15 is 0 Å². The van der Waals surface area contributed by atoms with Crippen molar-refractivity contribution in [2.75, 3.05) is 33.4 Å². The largest absolute Gasteiger partial charge is 0.377 e. The van der Waals surface area contributed by atoms with Crippen molar-refractivity contribution in [2.24, 2.45) is 0 Å². The van der Waals surface area contributed by atoms with Gasteiger partial charge >= 0.3 is 0 Å². The van der Waals surface area contributed by atoms with Gasteiger partial charge < -0.3 is 9.64 Å². The first-order valence-corrected chi connectivity index (χ1v) is 9.69. The maximum absolute atomic E-state index is 12.9. The topological polar surface area (TPSA) is 66.9 Å². The van der Waals surface area contributed by atoms with Crippen LogP contribution in [0.2, 0.25) is 0 Å². The molecule has 1 aliphatic heterocycles. The van der Waals surface area contributed by atoms with E-state index in [0.717, 1.165) is 12.1 Å². The van der Waals surface area contributed by atoms with Gasteiger partial charge in [-0.05, 0) is 44.5 Å². The van der Waals surface area contributed by atoms with Crippen LogP contribution in [0.5, 0.6) is 0 Å². The number of benzene rings is 1. The van der Waals surface area contributed by atoms with Gasteiger partial charge in [0.05, 0.1) is 23.6 Å². The fourth-order valence-electron chi connectivity index (χ4n) is 2.82. The Labute approximate surface area is 148 Å². The molecule has 1 saturated heterocycles. The van der Waals surface area contributed by atoms with E-state index in [-0.39, 0.29) is 29.3 Å². The lowest BCUT2D eigenvalue weighted by atomic mass is 10.0. The highest BCUT2D eigenvalue weighted by molar-refractivity contribution is 7.89. The third-order valence-electron chi connectivity index (χ3n) is 4.33. The van der Waals surface area contributed by atoms with Crippen molar-refractivity contribution in [1.29, 1.82) is 0 Å². The minimum atomic E-state index is -3.68. The number of hydrogen-bond acceptors (Lipinski definition) is 4.